The van der Waals surface area contributed by atoms with Gasteiger partial charge in [-0.15, -0.1) is 11.3 Å². The molecule has 2 rings (SSSR count). The first-order valence-electron chi connectivity index (χ1n) is 5.33. The van der Waals surface area contributed by atoms with Crippen molar-refractivity contribution in [1.29, 1.82) is 5.26 Å². The van der Waals surface area contributed by atoms with Gasteiger partial charge in [0.05, 0.1) is 10.2 Å². The second-order valence-corrected chi connectivity index (χ2v) is 4.62. The van der Waals surface area contributed by atoms with Gasteiger partial charge in [0.15, 0.2) is 6.10 Å². The first-order chi connectivity index (χ1) is 8.69. The fourth-order valence-corrected chi connectivity index (χ4v) is 2.21. The molecular formula is C13H10N2O2S. The number of hydrogen-bond donors (Lipinski definition) is 0. The molecule has 0 amide bonds. The maximum atomic E-state index is 11.3. The van der Waals surface area contributed by atoms with E-state index in [1.807, 2.05) is 30.3 Å². The van der Waals surface area contributed by atoms with Gasteiger partial charge in [0, 0.05) is 6.08 Å². The van der Waals surface area contributed by atoms with E-state index < -0.39 is 12.1 Å². The number of esters is 1. The van der Waals surface area contributed by atoms with Gasteiger partial charge in [0.2, 0.25) is 0 Å². The molecule has 0 N–H and O–H groups in total. The van der Waals surface area contributed by atoms with Crippen molar-refractivity contribution in [2.45, 2.75) is 13.0 Å². The first-order valence-corrected chi connectivity index (χ1v) is 6.14. The molecule has 5 heteroatoms. The summed E-state index contributed by atoms with van der Waals surface area (Å²) >= 11 is 1.49. The van der Waals surface area contributed by atoms with Crippen LogP contribution in [0.1, 0.15) is 11.9 Å². The minimum absolute atomic E-state index is 0.539. The molecule has 0 spiro atoms. The number of fused-ring (bicyclic) bond motifs is 1. The Balaban J connectivity index is 2.09. The smallest absolute Gasteiger partial charge is 0.332 e. The highest BCUT2D eigenvalue weighted by molar-refractivity contribution is 7.19. The molecule has 4 nitrogen and oxygen atoms in total. The molecule has 0 aliphatic rings. The molecule has 0 bridgehead atoms. The van der Waals surface area contributed by atoms with Crippen molar-refractivity contribution in [3.05, 3.63) is 35.3 Å². The summed E-state index contributed by atoms with van der Waals surface area (Å²) in [6.45, 7) is 1.52. The van der Waals surface area contributed by atoms with E-state index in [0.29, 0.717) is 0 Å². The Morgan fingerprint density at radius 1 is 1.56 bits per heavy atom. The Kier molecular flexibility index (Phi) is 3.70. The standard InChI is InChI=1S/C13H10N2O2S/c1-9(8-14)17-13(16)7-6-12-15-10-4-2-3-5-11(10)18-12/h2-7,9H,1H3/b7-6+/t9-/m0/s1. The molecule has 1 atom stereocenters. The van der Waals surface area contributed by atoms with Crippen LogP contribution in [-0.2, 0) is 9.53 Å². The van der Waals surface area contributed by atoms with Crippen LogP contribution in [0.15, 0.2) is 30.3 Å². The Hall–Kier alpha value is -2.19. The van der Waals surface area contributed by atoms with E-state index >= 15 is 0 Å². The number of carbonyl (C=O) groups excluding carboxylic acids is 1. The van der Waals surface area contributed by atoms with Crippen LogP contribution in [-0.4, -0.2) is 17.1 Å². The maximum absolute atomic E-state index is 11.3. The Morgan fingerprint density at radius 2 is 2.33 bits per heavy atom. The fraction of sp³-hybridized carbons (Fsp3) is 0.154. The summed E-state index contributed by atoms with van der Waals surface area (Å²) < 4.78 is 5.85. The molecule has 0 fully saturated rings. The highest BCUT2D eigenvalue weighted by Crippen LogP contribution is 2.22. The molecule has 0 unspecified atom stereocenters. The van der Waals surface area contributed by atoms with Gasteiger partial charge in [-0.2, -0.15) is 5.26 Å². The molecule has 0 aliphatic heterocycles. The molecule has 1 aromatic heterocycles. The molecule has 90 valence electrons. The molecular weight excluding hydrogens is 248 g/mol. The van der Waals surface area contributed by atoms with Gasteiger partial charge < -0.3 is 4.74 Å². The van der Waals surface area contributed by atoms with Gasteiger partial charge in [-0.1, -0.05) is 12.1 Å². The third-order valence-corrected chi connectivity index (χ3v) is 3.15. The van der Waals surface area contributed by atoms with Crippen LogP contribution in [0.3, 0.4) is 0 Å². The lowest BCUT2D eigenvalue weighted by Gasteiger charge is -2.00. The van der Waals surface area contributed by atoms with E-state index in [-0.39, 0.29) is 0 Å². The maximum Gasteiger partial charge on any atom is 0.332 e. The number of thiazole rings is 1. The summed E-state index contributed by atoms with van der Waals surface area (Å²) in [5.74, 6) is -0.539. The van der Waals surface area contributed by atoms with Gasteiger partial charge in [-0.3, -0.25) is 0 Å². The van der Waals surface area contributed by atoms with Crippen molar-refractivity contribution < 1.29 is 9.53 Å². The van der Waals surface area contributed by atoms with Gasteiger partial charge >= 0.3 is 5.97 Å². The Bertz CT molecular complexity index is 607. The number of aromatic nitrogens is 1. The molecule has 0 aliphatic carbocycles. The summed E-state index contributed by atoms with van der Waals surface area (Å²) in [4.78, 5) is 15.7. The predicted molar refractivity (Wildman–Crippen MR) is 69.8 cm³/mol. The fourth-order valence-electron chi connectivity index (χ4n) is 1.34. The number of nitriles is 1. The van der Waals surface area contributed by atoms with E-state index in [1.54, 1.807) is 6.08 Å². The molecule has 0 saturated heterocycles. The SMILES string of the molecule is C[C@@H](C#N)OC(=O)/C=C/c1nc2ccccc2s1. The Labute approximate surface area is 108 Å². The number of para-hydroxylation sites is 1. The topological polar surface area (TPSA) is 63.0 Å². The third-order valence-electron chi connectivity index (χ3n) is 2.15. The predicted octanol–water partition coefficient (Wildman–Crippen LogP) is 2.76. The second-order valence-electron chi connectivity index (χ2n) is 3.56. The van der Waals surface area contributed by atoms with Crippen molar-refractivity contribution in [2.24, 2.45) is 0 Å². The highest BCUT2D eigenvalue weighted by atomic mass is 32.1. The van der Waals surface area contributed by atoms with Crippen LogP contribution in [0, 0.1) is 11.3 Å². The third kappa shape index (κ3) is 2.93. The largest absolute Gasteiger partial charge is 0.444 e. The molecule has 0 radical (unpaired) electrons. The average molecular weight is 258 g/mol. The average Bonchev–Trinajstić information content (AvgIpc) is 2.79. The minimum atomic E-state index is -0.738. The van der Waals surface area contributed by atoms with Crippen LogP contribution >= 0.6 is 11.3 Å². The molecule has 18 heavy (non-hydrogen) atoms. The number of carbonyl (C=O) groups is 1. The number of rotatable bonds is 3. The highest BCUT2D eigenvalue weighted by Gasteiger charge is 2.05. The van der Waals surface area contributed by atoms with Gasteiger partial charge in [-0.25, -0.2) is 9.78 Å². The van der Waals surface area contributed by atoms with Gasteiger partial charge in [-0.05, 0) is 25.1 Å². The van der Waals surface area contributed by atoms with Gasteiger partial charge in [0.1, 0.15) is 11.1 Å². The van der Waals surface area contributed by atoms with Crippen LogP contribution < -0.4 is 0 Å². The van der Waals surface area contributed by atoms with E-state index in [1.165, 1.54) is 24.3 Å². The second kappa shape index (κ2) is 5.43. The molecule has 1 heterocycles. The van der Waals surface area contributed by atoms with Gasteiger partial charge in [0.25, 0.3) is 0 Å². The number of benzene rings is 1. The van der Waals surface area contributed by atoms with E-state index in [9.17, 15) is 4.79 Å². The van der Waals surface area contributed by atoms with Crippen LogP contribution in [0.25, 0.3) is 16.3 Å². The van der Waals surface area contributed by atoms with E-state index in [0.717, 1.165) is 15.2 Å². The molecule has 0 saturated carbocycles. The summed E-state index contributed by atoms with van der Waals surface area (Å²) in [6.07, 6.45) is 2.14. The zero-order valence-electron chi connectivity index (χ0n) is 9.66. The zero-order chi connectivity index (χ0) is 13.0. The lowest BCUT2D eigenvalue weighted by molar-refractivity contribution is -0.139. The normalized spacial score (nSPS) is 12.4. The van der Waals surface area contributed by atoms with Crippen molar-refractivity contribution in [1.82, 2.24) is 4.98 Å². The van der Waals surface area contributed by atoms with Crippen LogP contribution in [0.5, 0.6) is 0 Å². The summed E-state index contributed by atoms with van der Waals surface area (Å²) in [6, 6.07) is 9.57. The molecule has 2 aromatic rings. The van der Waals surface area contributed by atoms with Crippen molar-refractivity contribution in [2.75, 3.05) is 0 Å². The monoisotopic (exact) mass is 258 g/mol. The van der Waals surface area contributed by atoms with Crippen LogP contribution in [0.4, 0.5) is 0 Å². The van der Waals surface area contributed by atoms with Crippen LogP contribution in [0.2, 0.25) is 0 Å². The lowest BCUT2D eigenvalue weighted by atomic mass is 10.3. The number of nitrogens with zero attached hydrogens (tertiary/aromatic N) is 2. The van der Waals surface area contributed by atoms with E-state index in [4.69, 9.17) is 10.00 Å². The Morgan fingerprint density at radius 3 is 3.06 bits per heavy atom. The van der Waals surface area contributed by atoms with E-state index in [2.05, 4.69) is 4.98 Å². The summed E-state index contributed by atoms with van der Waals surface area (Å²) in [5.41, 5.74) is 0.904. The quantitative estimate of drug-likeness (QED) is 0.627. The lowest BCUT2D eigenvalue weighted by Crippen LogP contribution is -2.10. The first kappa shape index (κ1) is 12.3. The number of ether oxygens (including phenoxy) is 1. The minimum Gasteiger partial charge on any atom is -0.444 e. The summed E-state index contributed by atoms with van der Waals surface area (Å²) in [7, 11) is 0. The molecule has 1 aromatic carbocycles. The zero-order valence-corrected chi connectivity index (χ0v) is 10.5. The van der Waals surface area contributed by atoms with Crippen molar-refractivity contribution >= 4 is 33.6 Å². The van der Waals surface area contributed by atoms with Crippen molar-refractivity contribution in [3.8, 4) is 6.07 Å². The number of hydrogen-bond acceptors (Lipinski definition) is 5. The summed E-state index contributed by atoms with van der Waals surface area (Å²) in [5, 5.41) is 9.24. The van der Waals surface area contributed by atoms with Crippen molar-refractivity contribution in [3.63, 3.8) is 0 Å².